The Morgan fingerprint density at radius 1 is 1.40 bits per heavy atom. The predicted molar refractivity (Wildman–Crippen MR) is 79.1 cm³/mol. The molecule has 1 atom stereocenters. The van der Waals surface area contributed by atoms with Gasteiger partial charge >= 0.3 is 0 Å². The van der Waals surface area contributed by atoms with Gasteiger partial charge in [0.05, 0.1) is 11.8 Å². The maximum absolute atomic E-state index is 9.82. The third-order valence-corrected chi connectivity index (χ3v) is 3.73. The van der Waals surface area contributed by atoms with E-state index in [4.69, 9.17) is 16.3 Å². The lowest BCUT2D eigenvalue weighted by molar-refractivity contribution is 0.190. The summed E-state index contributed by atoms with van der Waals surface area (Å²) in [4.78, 5) is 0. The minimum atomic E-state index is -0.574. The second-order valence-electron chi connectivity index (χ2n) is 4.98. The van der Waals surface area contributed by atoms with E-state index in [9.17, 15) is 5.11 Å². The SMILES string of the molecule is Cc1ccc(OCc2c(C)nn(C)c2Cl)c([C@H](C)O)c1. The maximum atomic E-state index is 9.82. The zero-order valence-electron chi connectivity index (χ0n) is 12.1. The zero-order valence-corrected chi connectivity index (χ0v) is 12.9. The van der Waals surface area contributed by atoms with Crippen LogP contribution in [0.5, 0.6) is 5.75 Å². The van der Waals surface area contributed by atoms with E-state index in [-0.39, 0.29) is 0 Å². The van der Waals surface area contributed by atoms with E-state index in [1.165, 1.54) is 0 Å². The Bertz CT molecular complexity index is 621. The number of nitrogens with zero attached hydrogens (tertiary/aromatic N) is 2. The molecule has 1 N–H and O–H groups in total. The topological polar surface area (TPSA) is 47.3 Å². The molecule has 4 nitrogen and oxygen atoms in total. The van der Waals surface area contributed by atoms with Crippen LogP contribution in [0.15, 0.2) is 18.2 Å². The number of aliphatic hydroxyl groups is 1. The van der Waals surface area contributed by atoms with Crippen LogP contribution in [0.2, 0.25) is 5.15 Å². The van der Waals surface area contributed by atoms with E-state index in [1.54, 1.807) is 18.7 Å². The smallest absolute Gasteiger partial charge is 0.133 e. The van der Waals surface area contributed by atoms with E-state index in [0.717, 1.165) is 22.4 Å². The fourth-order valence-electron chi connectivity index (χ4n) is 2.11. The Balaban J connectivity index is 2.23. The predicted octanol–water partition coefficient (Wildman–Crippen LogP) is 3.32. The number of aromatic nitrogens is 2. The van der Waals surface area contributed by atoms with Gasteiger partial charge in [0.1, 0.15) is 17.5 Å². The molecule has 1 heterocycles. The summed E-state index contributed by atoms with van der Waals surface area (Å²) in [5.74, 6) is 0.671. The molecule has 1 aromatic carbocycles. The van der Waals surface area contributed by atoms with E-state index in [2.05, 4.69) is 5.10 Å². The molecule has 2 rings (SSSR count). The first-order valence-corrected chi connectivity index (χ1v) is 6.87. The van der Waals surface area contributed by atoms with Crippen LogP contribution < -0.4 is 4.74 Å². The Labute approximate surface area is 123 Å². The van der Waals surface area contributed by atoms with E-state index >= 15 is 0 Å². The maximum Gasteiger partial charge on any atom is 0.133 e. The summed E-state index contributed by atoms with van der Waals surface area (Å²) in [7, 11) is 1.80. The second-order valence-corrected chi connectivity index (χ2v) is 5.34. The normalized spacial score (nSPS) is 12.5. The number of hydrogen-bond donors (Lipinski definition) is 1. The highest BCUT2D eigenvalue weighted by atomic mass is 35.5. The highest BCUT2D eigenvalue weighted by Crippen LogP contribution is 2.28. The molecule has 0 radical (unpaired) electrons. The number of ether oxygens (including phenoxy) is 1. The number of halogens is 1. The average Bonchev–Trinajstić information content (AvgIpc) is 2.62. The van der Waals surface area contributed by atoms with Crippen LogP contribution >= 0.6 is 11.6 Å². The Kier molecular flexibility index (Phi) is 4.35. The summed E-state index contributed by atoms with van der Waals surface area (Å²) in [6.45, 7) is 5.94. The zero-order chi connectivity index (χ0) is 14.9. The van der Waals surface area contributed by atoms with Gasteiger partial charge in [0.15, 0.2) is 0 Å². The molecule has 0 bridgehead atoms. The van der Waals surface area contributed by atoms with Gasteiger partial charge in [-0.05, 0) is 32.9 Å². The molecule has 0 unspecified atom stereocenters. The van der Waals surface area contributed by atoms with Gasteiger partial charge in [-0.3, -0.25) is 4.68 Å². The summed E-state index contributed by atoms with van der Waals surface area (Å²) in [6.07, 6.45) is -0.574. The summed E-state index contributed by atoms with van der Waals surface area (Å²) in [5.41, 5.74) is 3.58. The minimum Gasteiger partial charge on any atom is -0.488 e. The van der Waals surface area contributed by atoms with E-state index < -0.39 is 6.10 Å². The number of rotatable bonds is 4. The molecular formula is C15H19ClN2O2. The van der Waals surface area contributed by atoms with Crippen molar-refractivity contribution in [3.05, 3.63) is 45.7 Å². The van der Waals surface area contributed by atoms with Crippen molar-refractivity contribution in [1.29, 1.82) is 0 Å². The number of aliphatic hydroxyl groups excluding tert-OH is 1. The van der Waals surface area contributed by atoms with E-state index in [0.29, 0.717) is 17.5 Å². The Morgan fingerprint density at radius 3 is 2.65 bits per heavy atom. The molecule has 5 heteroatoms. The quantitative estimate of drug-likeness (QED) is 0.941. The van der Waals surface area contributed by atoms with E-state index in [1.807, 2.05) is 32.0 Å². The molecule has 0 amide bonds. The van der Waals surface area contributed by atoms with Gasteiger partial charge in [-0.1, -0.05) is 23.2 Å². The highest BCUT2D eigenvalue weighted by molar-refractivity contribution is 6.30. The lowest BCUT2D eigenvalue weighted by atomic mass is 10.1. The van der Waals surface area contributed by atoms with Crippen LogP contribution in [0.25, 0.3) is 0 Å². The fraction of sp³-hybridized carbons (Fsp3) is 0.400. The van der Waals surface area contributed by atoms with Crippen LogP contribution in [0.4, 0.5) is 0 Å². The molecule has 1 aromatic heterocycles. The summed E-state index contributed by atoms with van der Waals surface area (Å²) < 4.78 is 7.44. The Hall–Kier alpha value is -1.52. The molecule has 0 fully saturated rings. The molecule has 0 saturated carbocycles. The van der Waals surface area contributed by atoms with Crippen molar-refractivity contribution in [3.8, 4) is 5.75 Å². The minimum absolute atomic E-state index is 0.335. The van der Waals surface area contributed by atoms with Crippen molar-refractivity contribution < 1.29 is 9.84 Å². The standard InChI is InChI=1S/C15H19ClN2O2/c1-9-5-6-14(12(7-9)11(3)19)20-8-13-10(2)17-18(4)15(13)16/h5-7,11,19H,8H2,1-4H3/t11-/m0/s1. The van der Waals surface area contributed by atoms with Gasteiger partial charge in [0.25, 0.3) is 0 Å². The first kappa shape index (κ1) is 14.9. The average molecular weight is 295 g/mol. The lowest BCUT2D eigenvalue weighted by Gasteiger charge is -2.14. The summed E-state index contributed by atoms with van der Waals surface area (Å²) in [6, 6.07) is 5.76. The molecule has 0 aliphatic carbocycles. The molecular weight excluding hydrogens is 276 g/mol. The van der Waals surface area contributed by atoms with Crippen molar-refractivity contribution in [2.75, 3.05) is 0 Å². The van der Waals surface area contributed by atoms with Gasteiger partial charge < -0.3 is 9.84 Å². The molecule has 0 aliphatic heterocycles. The van der Waals surface area contributed by atoms with Gasteiger partial charge in [-0.2, -0.15) is 5.10 Å². The van der Waals surface area contributed by atoms with Crippen molar-refractivity contribution >= 4 is 11.6 Å². The summed E-state index contributed by atoms with van der Waals surface area (Å²) >= 11 is 6.18. The number of hydrogen-bond acceptors (Lipinski definition) is 3. The van der Waals surface area contributed by atoms with Crippen LogP contribution in [0, 0.1) is 13.8 Å². The van der Waals surface area contributed by atoms with Crippen LogP contribution in [0.1, 0.15) is 35.4 Å². The van der Waals surface area contributed by atoms with Gasteiger partial charge in [-0.15, -0.1) is 0 Å². The first-order chi connectivity index (χ1) is 9.40. The van der Waals surface area contributed by atoms with Gasteiger partial charge in [0.2, 0.25) is 0 Å². The number of benzene rings is 1. The molecule has 2 aromatic rings. The Morgan fingerprint density at radius 2 is 2.10 bits per heavy atom. The molecule has 0 aliphatic rings. The molecule has 108 valence electrons. The van der Waals surface area contributed by atoms with Crippen molar-refractivity contribution in [2.24, 2.45) is 7.05 Å². The van der Waals surface area contributed by atoms with Gasteiger partial charge in [-0.25, -0.2) is 0 Å². The van der Waals surface area contributed by atoms with Crippen molar-refractivity contribution in [3.63, 3.8) is 0 Å². The number of aryl methyl sites for hydroxylation is 3. The molecule has 20 heavy (non-hydrogen) atoms. The van der Waals surface area contributed by atoms with Crippen LogP contribution in [0.3, 0.4) is 0 Å². The first-order valence-electron chi connectivity index (χ1n) is 6.49. The fourth-order valence-corrected chi connectivity index (χ4v) is 2.34. The third kappa shape index (κ3) is 2.97. The van der Waals surface area contributed by atoms with Crippen molar-refractivity contribution in [1.82, 2.24) is 9.78 Å². The summed E-state index contributed by atoms with van der Waals surface area (Å²) in [5, 5.41) is 14.6. The molecule has 0 saturated heterocycles. The van der Waals surface area contributed by atoms with Crippen molar-refractivity contribution in [2.45, 2.75) is 33.5 Å². The van der Waals surface area contributed by atoms with Crippen LogP contribution in [-0.4, -0.2) is 14.9 Å². The monoisotopic (exact) mass is 294 g/mol. The van der Waals surface area contributed by atoms with Gasteiger partial charge in [0, 0.05) is 18.2 Å². The third-order valence-electron chi connectivity index (χ3n) is 3.26. The van der Waals surface area contributed by atoms with Crippen LogP contribution in [-0.2, 0) is 13.7 Å². The highest BCUT2D eigenvalue weighted by Gasteiger charge is 2.14. The largest absolute Gasteiger partial charge is 0.488 e. The second kappa shape index (κ2) is 5.85. The lowest BCUT2D eigenvalue weighted by Crippen LogP contribution is -2.02. The molecule has 0 spiro atoms.